The fraction of sp³-hybridized carbons (Fsp3) is 0.750. The second kappa shape index (κ2) is 7.70. The molecular formula is C28H39NO2S. The van der Waals surface area contributed by atoms with Crippen LogP contribution in [0.25, 0.3) is 0 Å². The van der Waals surface area contributed by atoms with Gasteiger partial charge in [0, 0.05) is 23.9 Å². The fourth-order valence-electron chi connectivity index (χ4n) is 9.31. The second-order valence-corrected chi connectivity index (χ2v) is 13.0. The SMILES string of the molecule is CC1C2CCC3C4CC=C5CC(OC(=O)Cc6cccs6)CCC5(C)C4CCC32CN1C. The van der Waals surface area contributed by atoms with Gasteiger partial charge in [-0.15, -0.1) is 11.3 Å². The summed E-state index contributed by atoms with van der Waals surface area (Å²) in [6, 6.07) is 4.80. The minimum absolute atomic E-state index is 0.0496. The predicted octanol–water partition coefficient (Wildman–Crippen LogP) is 6.10. The van der Waals surface area contributed by atoms with Crippen LogP contribution in [-0.2, 0) is 16.0 Å². The van der Waals surface area contributed by atoms with Crippen LogP contribution in [0.4, 0.5) is 0 Å². The molecule has 1 saturated heterocycles. The van der Waals surface area contributed by atoms with Crippen LogP contribution in [0.2, 0.25) is 0 Å². The Balaban J connectivity index is 1.17. The van der Waals surface area contributed by atoms with Crippen molar-refractivity contribution in [3.8, 4) is 0 Å². The molecule has 5 aliphatic rings. The van der Waals surface area contributed by atoms with E-state index in [1.54, 1.807) is 16.9 Å². The summed E-state index contributed by atoms with van der Waals surface area (Å²) in [4.78, 5) is 16.3. The zero-order valence-electron chi connectivity index (χ0n) is 20.0. The topological polar surface area (TPSA) is 29.5 Å². The average molecular weight is 454 g/mol. The average Bonchev–Trinajstić information content (AvgIpc) is 3.45. The van der Waals surface area contributed by atoms with E-state index in [1.165, 1.54) is 45.1 Å². The van der Waals surface area contributed by atoms with Crippen molar-refractivity contribution in [2.24, 2.45) is 34.5 Å². The molecule has 32 heavy (non-hydrogen) atoms. The van der Waals surface area contributed by atoms with Crippen LogP contribution in [-0.4, -0.2) is 36.6 Å². The maximum atomic E-state index is 12.5. The van der Waals surface area contributed by atoms with Crippen LogP contribution in [0, 0.1) is 34.5 Å². The maximum Gasteiger partial charge on any atom is 0.311 e. The first kappa shape index (κ1) is 21.4. The molecule has 1 aromatic heterocycles. The molecule has 4 fully saturated rings. The summed E-state index contributed by atoms with van der Waals surface area (Å²) in [7, 11) is 2.36. The number of allylic oxidation sites excluding steroid dienone is 1. The van der Waals surface area contributed by atoms with Gasteiger partial charge in [0.1, 0.15) is 6.10 Å². The molecule has 0 aromatic carbocycles. The lowest BCUT2D eigenvalue weighted by Crippen LogP contribution is -2.51. The Morgan fingerprint density at radius 1 is 1.19 bits per heavy atom. The van der Waals surface area contributed by atoms with Crippen LogP contribution in [0.15, 0.2) is 29.2 Å². The largest absolute Gasteiger partial charge is 0.462 e. The second-order valence-electron chi connectivity index (χ2n) is 12.0. The van der Waals surface area contributed by atoms with Gasteiger partial charge in [-0.3, -0.25) is 4.79 Å². The van der Waals surface area contributed by atoms with Crippen molar-refractivity contribution >= 4 is 17.3 Å². The van der Waals surface area contributed by atoms with Gasteiger partial charge in [-0.1, -0.05) is 24.6 Å². The van der Waals surface area contributed by atoms with Crippen molar-refractivity contribution in [2.75, 3.05) is 13.6 Å². The van der Waals surface area contributed by atoms with Crippen molar-refractivity contribution in [1.29, 1.82) is 0 Å². The Morgan fingerprint density at radius 2 is 2.03 bits per heavy atom. The predicted molar refractivity (Wildman–Crippen MR) is 130 cm³/mol. The van der Waals surface area contributed by atoms with Crippen LogP contribution < -0.4 is 0 Å². The summed E-state index contributed by atoms with van der Waals surface area (Å²) < 4.78 is 5.96. The number of carbonyl (C=O) groups is 1. The van der Waals surface area contributed by atoms with Gasteiger partial charge >= 0.3 is 5.97 Å². The molecule has 1 aromatic rings. The molecule has 0 N–H and O–H groups in total. The van der Waals surface area contributed by atoms with E-state index in [2.05, 4.69) is 31.9 Å². The first-order valence-corrected chi connectivity index (χ1v) is 13.9. The number of carbonyl (C=O) groups excluding carboxylic acids is 1. The Morgan fingerprint density at radius 3 is 2.84 bits per heavy atom. The van der Waals surface area contributed by atoms with Gasteiger partial charge in [0.25, 0.3) is 0 Å². The molecule has 174 valence electrons. The molecule has 1 spiro atoms. The molecule has 3 saturated carbocycles. The van der Waals surface area contributed by atoms with E-state index in [4.69, 9.17) is 4.74 Å². The highest BCUT2D eigenvalue weighted by Gasteiger charge is 2.64. The van der Waals surface area contributed by atoms with E-state index in [1.807, 2.05) is 17.5 Å². The number of nitrogens with zero attached hydrogens (tertiary/aromatic N) is 1. The quantitative estimate of drug-likeness (QED) is 0.409. The summed E-state index contributed by atoms with van der Waals surface area (Å²) in [5.41, 5.74) is 2.54. The maximum absolute atomic E-state index is 12.5. The zero-order valence-corrected chi connectivity index (χ0v) is 20.8. The number of hydrogen-bond donors (Lipinski definition) is 0. The third-order valence-electron chi connectivity index (χ3n) is 10.9. The van der Waals surface area contributed by atoms with Crippen LogP contribution >= 0.6 is 11.3 Å². The normalized spacial score (nSPS) is 45.4. The summed E-state index contributed by atoms with van der Waals surface area (Å²) in [5.74, 6) is 3.51. The molecule has 4 aliphatic carbocycles. The molecular weight excluding hydrogens is 414 g/mol. The monoisotopic (exact) mass is 453 g/mol. The molecule has 1 aliphatic heterocycles. The van der Waals surface area contributed by atoms with Crippen LogP contribution in [0.1, 0.15) is 70.1 Å². The first-order valence-electron chi connectivity index (χ1n) is 13.0. The highest BCUT2D eigenvalue weighted by molar-refractivity contribution is 7.10. The number of likely N-dealkylation sites (tertiary alicyclic amines) is 1. The van der Waals surface area contributed by atoms with Gasteiger partial charge in [0.05, 0.1) is 6.42 Å². The van der Waals surface area contributed by atoms with E-state index in [9.17, 15) is 4.79 Å². The summed E-state index contributed by atoms with van der Waals surface area (Å²) in [6.07, 6.45) is 13.3. The highest BCUT2D eigenvalue weighted by Crippen LogP contribution is 2.68. The Kier molecular flexibility index (Phi) is 5.15. The number of rotatable bonds is 3. The van der Waals surface area contributed by atoms with Gasteiger partial charge in [0.2, 0.25) is 0 Å². The number of fused-ring (bicyclic) bond motifs is 4. The summed E-state index contributed by atoms with van der Waals surface area (Å²) >= 11 is 1.64. The number of ether oxygens (including phenoxy) is 1. The lowest BCUT2D eigenvalue weighted by molar-refractivity contribution is -0.150. The van der Waals surface area contributed by atoms with E-state index in [0.717, 1.165) is 47.4 Å². The van der Waals surface area contributed by atoms with Gasteiger partial charge in [-0.2, -0.15) is 0 Å². The standard InChI is InChI=1S/C28H39NO2S/c1-18-23-8-9-25-22-7-6-19-15-20(31-26(30)16-21-5-4-14-32-21)10-12-27(19,2)24(22)11-13-28(23,25)17-29(18)3/h4-6,14,18,20,22-25H,7-13,15-17H2,1-3H3. The van der Waals surface area contributed by atoms with Crippen molar-refractivity contribution in [3.05, 3.63) is 34.0 Å². The Labute approximate surface area is 197 Å². The van der Waals surface area contributed by atoms with Gasteiger partial charge in [0.15, 0.2) is 0 Å². The molecule has 0 amide bonds. The van der Waals surface area contributed by atoms with E-state index >= 15 is 0 Å². The summed E-state index contributed by atoms with van der Waals surface area (Å²) in [5, 5.41) is 2.03. The van der Waals surface area contributed by atoms with Gasteiger partial charge in [-0.25, -0.2) is 0 Å². The van der Waals surface area contributed by atoms with Crippen molar-refractivity contribution in [2.45, 2.75) is 83.8 Å². The molecule has 3 nitrogen and oxygen atoms in total. The van der Waals surface area contributed by atoms with E-state index in [-0.39, 0.29) is 12.1 Å². The molecule has 0 radical (unpaired) electrons. The van der Waals surface area contributed by atoms with E-state index in [0.29, 0.717) is 17.3 Å². The first-order chi connectivity index (χ1) is 15.4. The zero-order chi connectivity index (χ0) is 22.1. The van der Waals surface area contributed by atoms with Crippen molar-refractivity contribution < 1.29 is 9.53 Å². The Bertz CT molecular complexity index is 909. The fourth-order valence-corrected chi connectivity index (χ4v) is 10.0. The number of hydrogen-bond acceptors (Lipinski definition) is 4. The smallest absolute Gasteiger partial charge is 0.311 e. The Hall–Kier alpha value is -1.13. The minimum atomic E-state index is -0.0496. The van der Waals surface area contributed by atoms with Crippen molar-refractivity contribution in [3.63, 3.8) is 0 Å². The van der Waals surface area contributed by atoms with Gasteiger partial charge < -0.3 is 9.64 Å². The lowest BCUT2D eigenvalue weighted by atomic mass is 9.47. The molecule has 4 heteroatoms. The number of thiophene rings is 1. The van der Waals surface area contributed by atoms with Crippen LogP contribution in [0.5, 0.6) is 0 Å². The highest BCUT2D eigenvalue weighted by atomic mass is 32.1. The lowest BCUT2D eigenvalue weighted by Gasteiger charge is -2.58. The van der Waals surface area contributed by atoms with E-state index < -0.39 is 0 Å². The molecule has 0 bridgehead atoms. The molecule has 8 unspecified atom stereocenters. The van der Waals surface area contributed by atoms with Crippen molar-refractivity contribution in [1.82, 2.24) is 4.90 Å². The van der Waals surface area contributed by atoms with Crippen LogP contribution in [0.3, 0.4) is 0 Å². The molecule has 8 atom stereocenters. The number of esters is 1. The minimum Gasteiger partial charge on any atom is -0.462 e. The third-order valence-corrected chi connectivity index (χ3v) is 11.7. The van der Waals surface area contributed by atoms with Gasteiger partial charge in [-0.05, 0) is 105 Å². The molecule has 6 rings (SSSR count). The third kappa shape index (κ3) is 3.11. The summed E-state index contributed by atoms with van der Waals surface area (Å²) in [6.45, 7) is 6.38. The molecule has 2 heterocycles.